The van der Waals surface area contributed by atoms with Crippen LogP contribution in [0, 0.1) is 6.92 Å². The molecule has 2 aromatic carbocycles. The first-order valence-electron chi connectivity index (χ1n) is 8.07. The fourth-order valence-electron chi connectivity index (χ4n) is 2.52. The molecule has 0 saturated heterocycles. The molecule has 1 aromatic heterocycles. The van der Waals surface area contributed by atoms with E-state index in [1.165, 1.54) is 5.56 Å². The van der Waals surface area contributed by atoms with Crippen molar-refractivity contribution in [3.05, 3.63) is 71.9 Å². The maximum Gasteiger partial charge on any atom is 0.255 e. The number of rotatable bonds is 4. The van der Waals surface area contributed by atoms with E-state index in [0.717, 1.165) is 11.3 Å². The van der Waals surface area contributed by atoms with Gasteiger partial charge in [-0.3, -0.25) is 4.79 Å². The topological polar surface area (TPSA) is 46.9 Å². The first-order valence-corrected chi connectivity index (χ1v) is 8.07. The highest BCUT2D eigenvalue weighted by Crippen LogP contribution is 2.24. The average molecular weight is 319 g/mol. The Hall–Kier alpha value is -2.88. The summed E-state index contributed by atoms with van der Waals surface area (Å²) >= 11 is 0. The molecule has 3 aromatic rings. The molecule has 122 valence electrons. The van der Waals surface area contributed by atoms with Crippen molar-refractivity contribution < 1.29 is 4.79 Å². The van der Waals surface area contributed by atoms with Gasteiger partial charge in [-0.15, -0.1) is 0 Å². The van der Waals surface area contributed by atoms with Crippen LogP contribution >= 0.6 is 0 Å². The third-order valence-electron chi connectivity index (χ3n) is 3.72. The van der Waals surface area contributed by atoms with E-state index >= 15 is 0 Å². The number of nitrogens with one attached hydrogen (secondary N) is 1. The fraction of sp³-hybridized carbons (Fsp3) is 0.200. The van der Waals surface area contributed by atoms with Crippen molar-refractivity contribution in [3.8, 4) is 16.9 Å². The van der Waals surface area contributed by atoms with Crippen LogP contribution < -0.4 is 5.32 Å². The van der Waals surface area contributed by atoms with Crippen LogP contribution in [-0.4, -0.2) is 21.7 Å². The normalized spacial score (nSPS) is 10.8. The molecule has 0 fully saturated rings. The molecule has 0 spiro atoms. The Kier molecular flexibility index (Phi) is 4.47. The molecule has 0 bridgehead atoms. The van der Waals surface area contributed by atoms with Crippen molar-refractivity contribution in [2.45, 2.75) is 26.8 Å². The number of nitrogens with zero attached hydrogens (tertiary/aromatic N) is 2. The lowest BCUT2D eigenvalue weighted by molar-refractivity contribution is 0.0944. The van der Waals surface area contributed by atoms with Crippen LogP contribution in [0.4, 0.5) is 0 Å². The van der Waals surface area contributed by atoms with Crippen LogP contribution in [-0.2, 0) is 0 Å². The van der Waals surface area contributed by atoms with Crippen LogP contribution in [0.3, 0.4) is 0 Å². The van der Waals surface area contributed by atoms with E-state index in [2.05, 4.69) is 10.4 Å². The summed E-state index contributed by atoms with van der Waals surface area (Å²) in [6.45, 7) is 5.94. The second-order valence-corrected chi connectivity index (χ2v) is 6.17. The second kappa shape index (κ2) is 6.71. The molecule has 0 aliphatic carbocycles. The average Bonchev–Trinajstić information content (AvgIpc) is 3.01. The Bertz CT molecular complexity index is 833. The van der Waals surface area contributed by atoms with Gasteiger partial charge >= 0.3 is 0 Å². The van der Waals surface area contributed by atoms with Gasteiger partial charge in [-0.2, -0.15) is 5.10 Å². The van der Waals surface area contributed by atoms with Crippen molar-refractivity contribution in [3.63, 3.8) is 0 Å². The highest BCUT2D eigenvalue weighted by Gasteiger charge is 2.19. The zero-order chi connectivity index (χ0) is 17.1. The largest absolute Gasteiger partial charge is 0.350 e. The molecule has 4 nitrogen and oxygen atoms in total. The summed E-state index contributed by atoms with van der Waals surface area (Å²) in [5, 5.41) is 7.62. The van der Waals surface area contributed by atoms with E-state index in [0.29, 0.717) is 11.3 Å². The molecular formula is C20H21N3O. The molecule has 0 atom stereocenters. The highest BCUT2D eigenvalue weighted by molar-refractivity contribution is 6.00. The van der Waals surface area contributed by atoms with Gasteiger partial charge in [-0.25, -0.2) is 4.68 Å². The minimum absolute atomic E-state index is 0.0726. The molecule has 0 saturated carbocycles. The molecular weight excluding hydrogens is 298 g/mol. The standard InChI is InChI=1S/C20H21N3O/c1-14(2)21-20(24)18-13-23(17-7-5-4-6-8-17)22-19(18)16-11-9-15(3)10-12-16/h4-14H,1-3H3,(H,21,24). The number of carbonyl (C=O) groups is 1. The molecule has 24 heavy (non-hydrogen) atoms. The van der Waals surface area contributed by atoms with Gasteiger partial charge in [0.25, 0.3) is 5.91 Å². The summed E-state index contributed by atoms with van der Waals surface area (Å²) in [4.78, 5) is 12.6. The Balaban J connectivity index is 2.09. The van der Waals surface area contributed by atoms with Crippen LogP contribution in [0.5, 0.6) is 0 Å². The number of benzene rings is 2. The maximum atomic E-state index is 12.6. The van der Waals surface area contributed by atoms with Gasteiger partial charge in [0.2, 0.25) is 0 Å². The summed E-state index contributed by atoms with van der Waals surface area (Å²) in [5.41, 5.74) is 4.31. The lowest BCUT2D eigenvalue weighted by atomic mass is 10.1. The molecule has 1 amide bonds. The Morgan fingerprint density at radius 1 is 1.04 bits per heavy atom. The third kappa shape index (κ3) is 3.38. The van der Waals surface area contributed by atoms with Crippen molar-refractivity contribution in [2.24, 2.45) is 0 Å². The van der Waals surface area contributed by atoms with Gasteiger partial charge in [-0.1, -0.05) is 48.0 Å². The Morgan fingerprint density at radius 3 is 2.33 bits per heavy atom. The number of carbonyl (C=O) groups excluding carboxylic acids is 1. The van der Waals surface area contributed by atoms with Gasteiger partial charge < -0.3 is 5.32 Å². The number of hydrogen-bond acceptors (Lipinski definition) is 2. The SMILES string of the molecule is Cc1ccc(-c2nn(-c3ccccc3)cc2C(=O)NC(C)C)cc1. The molecule has 0 radical (unpaired) electrons. The van der Waals surface area contributed by atoms with E-state index in [1.54, 1.807) is 10.9 Å². The molecule has 1 heterocycles. The van der Waals surface area contributed by atoms with Gasteiger partial charge in [0.1, 0.15) is 5.69 Å². The number of para-hydroxylation sites is 1. The monoisotopic (exact) mass is 319 g/mol. The van der Waals surface area contributed by atoms with Crippen LogP contribution in [0.15, 0.2) is 60.8 Å². The predicted octanol–water partition coefficient (Wildman–Crippen LogP) is 3.99. The lowest BCUT2D eigenvalue weighted by Crippen LogP contribution is -2.30. The smallest absolute Gasteiger partial charge is 0.255 e. The van der Waals surface area contributed by atoms with Crippen molar-refractivity contribution in [2.75, 3.05) is 0 Å². The maximum absolute atomic E-state index is 12.6. The first kappa shape index (κ1) is 16.0. The summed E-state index contributed by atoms with van der Waals surface area (Å²) in [6, 6.07) is 17.9. The molecule has 4 heteroatoms. The van der Waals surface area contributed by atoms with Crippen LogP contribution in [0.2, 0.25) is 0 Å². The zero-order valence-electron chi connectivity index (χ0n) is 14.2. The van der Waals surface area contributed by atoms with Crippen molar-refractivity contribution in [1.29, 1.82) is 0 Å². The van der Waals surface area contributed by atoms with E-state index in [1.807, 2.05) is 75.4 Å². The quantitative estimate of drug-likeness (QED) is 0.790. The third-order valence-corrected chi connectivity index (χ3v) is 3.72. The van der Waals surface area contributed by atoms with E-state index in [-0.39, 0.29) is 11.9 Å². The number of aromatic nitrogens is 2. The highest BCUT2D eigenvalue weighted by atomic mass is 16.1. The van der Waals surface area contributed by atoms with Gasteiger partial charge in [-0.05, 0) is 32.9 Å². The minimum Gasteiger partial charge on any atom is -0.350 e. The van der Waals surface area contributed by atoms with E-state index < -0.39 is 0 Å². The van der Waals surface area contributed by atoms with E-state index in [4.69, 9.17) is 0 Å². The van der Waals surface area contributed by atoms with Crippen LogP contribution in [0.1, 0.15) is 29.8 Å². The van der Waals surface area contributed by atoms with Gasteiger partial charge in [0, 0.05) is 17.8 Å². The summed E-state index contributed by atoms with van der Waals surface area (Å²) in [6.07, 6.45) is 1.79. The molecule has 0 aliphatic heterocycles. The summed E-state index contributed by atoms with van der Waals surface area (Å²) in [7, 11) is 0. The van der Waals surface area contributed by atoms with Crippen molar-refractivity contribution >= 4 is 5.91 Å². The van der Waals surface area contributed by atoms with Gasteiger partial charge in [0.15, 0.2) is 0 Å². The second-order valence-electron chi connectivity index (χ2n) is 6.17. The van der Waals surface area contributed by atoms with Gasteiger partial charge in [0.05, 0.1) is 11.3 Å². The first-order chi connectivity index (χ1) is 11.5. The summed E-state index contributed by atoms with van der Waals surface area (Å²) in [5.74, 6) is -0.109. The summed E-state index contributed by atoms with van der Waals surface area (Å²) < 4.78 is 1.75. The predicted molar refractivity (Wildman–Crippen MR) is 96.3 cm³/mol. The number of amides is 1. The molecule has 0 unspecified atom stereocenters. The molecule has 0 aliphatic rings. The number of aryl methyl sites for hydroxylation is 1. The fourth-order valence-corrected chi connectivity index (χ4v) is 2.52. The molecule has 1 N–H and O–H groups in total. The van der Waals surface area contributed by atoms with Crippen LogP contribution in [0.25, 0.3) is 16.9 Å². The zero-order valence-corrected chi connectivity index (χ0v) is 14.2. The number of hydrogen-bond donors (Lipinski definition) is 1. The van der Waals surface area contributed by atoms with Crippen molar-refractivity contribution in [1.82, 2.24) is 15.1 Å². The molecule has 3 rings (SSSR count). The Morgan fingerprint density at radius 2 is 1.71 bits per heavy atom. The minimum atomic E-state index is -0.109. The lowest BCUT2D eigenvalue weighted by Gasteiger charge is -2.08. The van der Waals surface area contributed by atoms with E-state index in [9.17, 15) is 4.79 Å². The Labute approximate surface area is 142 Å².